The van der Waals surface area contributed by atoms with E-state index in [1.54, 1.807) is 24.3 Å². The average molecular weight is 350 g/mol. The number of rotatable bonds is 6. The van der Waals surface area contributed by atoms with Gasteiger partial charge < -0.3 is 20.8 Å². The minimum Gasteiger partial charge on any atom is -0.507 e. The summed E-state index contributed by atoms with van der Waals surface area (Å²) in [4.78, 5) is 26.2. The van der Waals surface area contributed by atoms with Crippen LogP contribution in [0.5, 0.6) is 11.5 Å². The van der Waals surface area contributed by atoms with Crippen molar-refractivity contribution in [1.29, 1.82) is 0 Å². The topological polar surface area (TPSA) is 98.7 Å². The Hall–Kier alpha value is -3.54. The van der Waals surface area contributed by atoms with Crippen molar-refractivity contribution in [2.24, 2.45) is 0 Å². The molecule has 132 valence electrons. The van der Waals surface area contributed by atoms with Crippen molar-refractivity contribution < 1.29 is 19.8 Å². The van der Waals surface area contributed by atoms with Crippen molar-refractivity contribution in [3.63, 3.8) is 0 Å². The number of hydrogen-bond acceptors (Lipinski definition) is 6. The second-order valence-electron chi connectivity index (χ2n) is 5.76. The summed E-state index contributed by atoms with van der Waals surface area (Å²) in [7, 11) is 0. The molecule has 0 aromatic heterocycles. The molecule has 0 unspecified atom stereocenters. The van der Waals surface area contributed by atoms with Crippen molar-refractivity contribution in [1.82, 2.24) is 0 Å². The van der Waals surface area contributed by atoms with Crippen LogP contribution in [0.15, 0.2) is 49.6 Å². The van der Waals surface area contributed by atoms with Gasteiger partial charge in [-0.3, -0.25) is 9.59 Å². The fourth-order valence-electron chi connectivity index (χ4n) is 3.02. The van der Waals surface area contributed by atoms with Crippen molar-refractivity contribution in [3.8, 4) is 11.5 Å². The van der Waals surface area contributed by atoms with E-state index in [0.717, 1.165) is 0 Å². The van der Waals surface area contributed by atoms with E-state index >= 15 is 0 Å². The number of aromatic hydroxyl groups is 2. The molecule has 0 saturated carbocycles. The molecule has 6 nitrogen and oxygen atoms in total. The third-order valence-corrected chi connectivity index (χ3v) is 4.15. The summed E-state index contributed by atoms with van der Waals surface area (Å²) >= 11 is 0. The lowest BCUT2D eigenvalue weighted by Crippen LogP contribution is -2.24. The van der Waals surface area contributed by atoms with E-state index in [2.05, 4.69) is 23.8 Å². The smallest absolute Gasteiger partial charge is 0.200 e. The van der Waals surface area contributed by atoms with Crippen LogP contribution in [0.1, 0.15) is 31.8 Å². The molecule has 0 fully saturated rings. The molecule has 0 saturated heterocycles. The van der Waals surface area contributed by atoms with Crippen LogP contribution in [-0.4, -0.2) is 34.9 Å². The summed E-state index contributed by atoms with van der Waals surface area (Å²) in [5.41, 5.74) is 0.834. The number of phenolic OH excluding ortho intramolecular Hbond substituents is 2. The van der Waals surface area contributed by atoms with E-state index in [4.69, 9.17) is 0 Å². The molecular formula is C20H18N2O4. The summed E-state index contributed by atoms with van der Waals surface area (Å²) in [6.45, 7) is 8.05. The number of benzene rings is 2. The molecule has 1 aliphatic carbocycles. The van der Waals surface area contributed by atoms with Crippen LogP contribution in [0.25, 0.3) is 0 Å². The first-order valence-corrected chi connectivity index (χ1v) is 8.02. The first-order chi connectivity index (χ1) is 12.5. The van der Waals surface area contributed by atoms with E-state index in [1.165, 1.54) is 12.1 Å². The van der Waals surface area contributed by atoms with Crippen molar-refractivity contribution in [3.05, 3.63) is 71.8 Å². The first kappa shape index (κ1) is 17.3. The Morgan fingerprint density at radius 3 is 1.46 bits per heavy atom. The van der Waals surface area contributed by atoms with Crippen LogP contribution in [0.2, 0.25) is 0 Å². The Bertz CT molecular complexity index is 871. The fraction of sp³-hybridized carbons (Fsp3) is 0.100. The summed E-state index contributed by atoms with van der Waals surface area (Å²) < 4.78 is 0. The molecule has 0 radical (unpaired) electrons. The second-order valence-corrected chi connectivity index (χ2v) is 5.76. The van der Waals surface area contributed by atoms with Gasteiger partial charge in [0.1, 0.15) is 11.5 Å². The number of nitrogens with one attached hydrogen (secondary N) is 2. The fourth-order valence-corrected chi connectivity index (χ4v) is 3.02. The molecule has 1 aliphatic rings. The summed E-state index contributed by atoms with van der Waals surface area (Å²) in [6, 6.07) is 5.76. The van der Waals surface area contributed by atoms with Gasteiger partial charge in [-0.1, -0.05) is 12.2 Å². The summed E-state index contributed by atoms with van der Waals surface area (Å²) in [6.07, 6.45) is 3.26. The zero-order valence-electron chi connectivity index (χ0n) is 14.0. The third-order valence-electron chi connectivity index (χ3n) is 4.15. The van der Waals surface area contributed by atoms with Crippen molar-refractivity contribution in [2.45, 2.75) is 0 Å². The maximum atomic E-state index is 13.1. The molecular weight excluding hydrogens is 332 g/mol. The summed E-state index contributed by atoms with van der Waals surface area (Å²) in [5, 5.41) is 26.3. The minimum atomic E-state index is -0.531. The van der Waals surface area contributed by atoms with Crippen LogP contribution >= 0.6 is 0 Å². The minimum absolute atomic E-state index is 0.152. The van der Waals surface area contributed by atoms with Gasteiger partial charge in [0.2, 0.25) is 11.6 Å². The average Bonchev–Trinajstić information content (AvgIpc) is 2.64. The second kappa shape index (κ2) is 6.76. The van der Waals surface area contributed by atoms with Gasteiger partial charge in [0.25, 0.3) is 0 Å². The molecule has 0 spiro atoms. The van der Waals surface area contributed by atoms with Gasteiger partial charge in [-0.2, -0.15) is 0 Å². The monoisotopic (exact) mass is 350 g/mol. The number of carbonyl (C=O) groups excluding carboxylic acids is 2. The molecule has 0 bridgehead atoms. The number of ketones is 2. The van der Waals surface area contributed by atoms with Gasteiger partial charge in [0, 0.05) is 24.5 Å². The van der Waals surface area contributed by atoms with Gasteiger partial charge >= 0.3 is 0 Å². The van der Waals surface area contributed by atoms with E-state index < -0.39 is 11.6 Å². The van der Waals surface area contributed by atoms with Gasteiger partial charge in [0.05, 0.1) is 22.3 Å². The van der Waals surface area contributed by atoms with E-state index in [0.29, 0.717) is 24.5 Å². The standard InChI is InChI=1S/C20H18N2O4/c1-3-9-21-11-5-6-12(22-10-4-2)16-15(11)19(25)17-13(23)7-8-14(24)18(17)20(16)26/h3-8,21-24H,1-2,9-10H2. The van der Waals surface area contributed by atoms with E-state index in [9.17, 15) is 19.8 Å². The molecule has 0 atom stereocenters. The van der Waals surface area contributed by atoms with Crippen LogP contribution in [0.4, 0.5) is 11.4 Å². The number of anilines is 2. The maximum absolute atomic E-state index is 13.1. The normalized spacial score (nSPS) is 12.2. The molecule has 3 rings (SSSR count). The highest BCUT2D eigenvalue weighted by molar-refractivity contribution is 6.33. The highest BCUT2D eigenvalue weighted by Gasteiger charge is 2.37. The highest BCUT2D eigenvalue weighted by Crippen LogP contribution is 2.42. The zero-order chi connectivity index (χ0) is 18.8. The Labute approximate surface area is 150 Å². The number of fused-ring (bicyclic) bond motifs is 2. The predicted molar refractivity (Wildman–Crippen MR) is 100 cm³/mol. The van der Waals surface area contributed by atoms with Crippen molar-refractivity contribution in [2.75, 3.05) is 23.7 Å². The van der Waals surface area contributed by atoms with Crippen LogP contribution in [0.3, 0.4) is 0 Å². The quantitative estimate of drug-likeness (QED) is 0.403. The number of carbonyl (C=O) groups is 2. The zero-order valence-corrected chi connectivity index (χ0v) is 14.0. The molecule has 0 amide bonds. The molecule has 2 aromatic rings. The lowest BCUT2D eigenvalue weighted by molar-refractivity contribution is 0.0975. The number of hydrogen-bond donors (Lipinski definition) is 4. The molecule has 0 aliphatic heterocycles. The van der Waals surface area contributed by atoms with Crippen LogP contribution in [-0.2, 0) is 0 Å². The van der Waals surface area contributed by atoms with Gasteiger partial charge in [-0.15, -0.1) is 13.2 Å². The SMILES string of the molecule is C=CCNc1ccc(NCC=C)c2c1C(=O)c1c(O)ccc(O)c1C2=O. The maximum Gasteiger partial charge on any atom is 0.200 e. The molecule has 26 heavy (non-hydrogen) atoms. The Morgan fingerprint density at radius 2 is 1.12 bits per heavy atom. The number of phenols is 2. The van der Waals surface area contributed by atoms with Gasteiger partial charge in [-0.05, 0) is 24.3 Å². The van der Waals surface area contributed by atoms with Crippen molar-refractivity contribution >= 4 is 22.9 Å². The van der Waals surface area contributed by atoms with Crippen LogP contribution in [0, 0.1) is 0 Å². The third kappa shape index (κ3) is 2.61. The van der Waals surface area contributed by atoms with Gasteiger partial charge in [0.15, 0.2) is 0 Å². The first-order valence-electron chi connectivity index (χ1n) is 8.02. The van der Waals surface area contributed by atoms with Crippen LogP contribution < -0.4 is 10.6 Å². The van der Waals surface area contributed by atoms with Gasteiger partial charge in [-0.25, -0.2) is 0 Å². The molecule has 0 heterocycles. The van der Waals surface area contributed by atoms with E-state index in [1.807, 2.05) is 0 Å². The largest absolute Gasteiger partial charge is 0.507 e. The Morgan fingerprint density at radius 1 is 0.731 bits per heavy atom. The highest BCUT2D eigenvalue weighted by atomic mass is 16.3. The molecule has 4 N–H and O–H groups in total. The molecule has 6 heteroatoms. The lowest BCUT2D eigenvalue weighted by atomic mass is 9.81. The molecule has 2 aromatic carbocycles. The Balaban J connectivity index is 2.29. The van der Waals surface area contributed by atoms with E-state index in [-0.39, 0.29) is 33.8 Å². The summed E-state index contributed by atoms with van der Waals surface area (Å²) in [5.74, 6) is -1.75. The Kier molecular flexibility index (Phi) is 4.49. The predicted octanol–water partition coefficient (Wildman–Crippen LogP) is 3.07. The lowest BCUT2D eigenvalue weighted by Gasteiger charge is -2.24.